The lowest BCUT2D eigenvalue weighted by Crippen LogP contribution is -2.18. The molecule has 0 aliphatic heterocycles. The van der Waals surface area contributed by atoms with Crippen LogP contribution >= 0.6 is 0 Å². The highest BCUT2D eigenvalue weighted by atomic mass is 16.3. The minimum atomic E-state index is 0.171. The molecular weight excluding hydrogens is 262 g/mol. The van der Waals surface area contributed by atoms with Crippen molar-refractivity contribution in [2.45, 2.75) is 26.4 Å². The Morgan fingerprint density at radius 1 is 1.19 bits per heavy atom. The van der Waals surface area contributed by atoms with E-state index in [1.54, 1.807) is 6.20 Å². The van der Waals surface area contributed by atoms with Gasteiger partial charge in [0.05, 0.1) is 11.7 Å². The highest BCUT2D eigenvalue weighted by molar-refractivity contribution is 5.40. The van der Waals surface area contributed by atoms with E-state index in [9.17, 15) is 0 Å². The molecule has 0 bridgehead atoms. The topological polar surface area (TPSA) is 43.0 Å². The fraction of sp³-hybridized carbons (Fsp3) is 0.235. The van der Waals surface area contributed by atoms with Gasteiger partial charge >= 0.3 is 0 Å². The summed E-state index contributed by atoms with van der Waals surface area (Å²) in [5, 5.41) is 7.80. The predicted molar refractivity (Wildman–Crippen MR) is 82.3 cm³/mol. The van der Waals surface area contributed by atoms with Crippen LogP contribution in [0, 0.1) is 6.92 Å². The largest absolute Gasteiger partial charge is 0.465 e. The van der Waals surface area contributed by atoms with Gasteiger partial charge in [-0.2, -0.15) is 5.10 Å². The summed E-state index contributed by atoms with van der Waals surface area (Å²) in [6, 6.07) is 14.4. The van der Waals surface area contributed by atoms with E-state index in [-0.39, 0.29) is 6.04 Å². The fourth-order valence-electron chi connectivity index (χ4n) is 2.34. The second-order valence-corrected chi connectivity index (χ2v) is 5.13. The second kappa shape index (κ2) is 5.97. The molecule has 4 heteroatoms. The Balaban J connectivity index is 1.74. The van der Waals surface area contributed by atoms with Gasteiger partial charge in [-0.25, -0.2) is 4.68 Å². The molecule has 0 radical (unpaired) electrons. The summed E-state index contributed by atoms with van der Waals surface area (Å²) in [6.45, 7) is 4.83. The van der Waals surface area contributed by atoms with Gasteiger partial charge in [-0.3, -0.25) is 0 Å². The van der Waals surface area contributed by atoms with E-state index in [1.807, 2.05) is 48.1 Å². The summed E-state index contributed by atoms with van der Waals surface area (Å²) in [5.41, 5.74) is 2.30. The number of benzene rings is 1. The molecule has 0 aliphatic rings. The number of nitrogens with zero attached hydrogens (tertiary/aromatic N) is 2. The Hall–Kier alpha value is -2.33. The minimum absolute atomic E-state index is 0.171. The summed E-state index contributed by atoms with van der Waals surface area (Å²) in [6.07, 6.45) is 3.75. The van der Waals surface area contributed by atoms with Crippen molar-refractivity contribution >= 4 is 0 Å². The lowest BCUT2D eigenvalue weighted by atomic mass is 10.1. The molecule has 1 aromatic carbocycles. The first-order valence-electron chi connectivity index (χ1n) is 7.11. The quantitative estimate of drug-likeness (QED) is 0.776. The number of furan rings is 1. The molecule has 0 fully saturated rings. The normalized spacial score (nSPS) is 12.5. The minimum Gasteiger partial charge on any atom is -0.465 e. The van der Waals surface area contributed by atoms with Gasteiger partial charge in [0.15, 0.2) is 0 Å². The van der Waals surface area contributed by atoms with E-state index < -0.39 is 0 Å². The first kappa shape index (κ1) is 13.6. The van der Waals surface area contributed by atoms with Crippen molar-refractivity contribution in [3.8, 4) is 5.69 Å². The maximum atomic E-state index is 5.66. The molecule has 0 aliphatic carbocycles. The van der Waals surface area contributed by atoms with Gasteiger partial charge in [-0.15, -0.1) is 0 Å². The summed E-state index contributed by atoms with van der Waals surface area (Å²) in [7, 11) is 0. The number of para-hydroxylation sites is 1. The van der Waals surface area contributed by atoms with Gasteiger partial charge in [-0.05, 0) is 43.7 Å². The maximum absolute atomic E-state index is 5.66. The Bertz CT molecular complexity index is 700. The first-order valence-corrected chi connectivity index (χ1v) is 7.11. The number of hydrogen-bond donors (Lipinski definition) is 1. The Kier molecular flexibility index (Phi) is 3.88. The monoisotopic (exact) mass is 281 g/mol. The van der Waals surface area contributed by atoms with Gasteiger partial charge in [0, 0.05) is 18.9 Å². The Morgan fingerprint density at radius 2 is 2.05 bits per heavy atom. The van der Waals surface area contributed by atoms with Crippen LogP contribution in [0.4, 0.5) is 0 Å². The standard InChI is InChI=1S/C17H19N3O/c1-13-8-9-17(21-13)14(2)18-12-15-6-3-4-7-16(15)20-11-5-10-19-20/h3-11,14,18H,12H2,1-2H3. The number of rotatable bonds is 5. The van der Waals surface area contributed by atoms with E-state index in [0.717, 1.165) is 23.8 Å². The van der Waals surface area contributed by atoms with Crippen LogP contribution in [-0.2, 0) is 6.54 Å². The summed E-state index contributed by atoms with van der Waals surface area (Å²) >= 11 is 0. The number of aromatic nitrogens is 2. The second-order valence-electron chi connectivity index (χ2n) is 5.13. The van der Waals surface area contributed by atoms with Crippen molar-refractivity contribution in [1.29, 1.82) is 0 Å². The third-order valence-electron chi connectivity index (χ3n) is 3.53. The smallest absolute Gasteiger partial charge is 0.120 e. The number of hydrogen-bond acceptors (Lipinski definition) is 3. The number of aryl methyl sites for hydroxylation is 1. The first-order chi connectivity index (χ1) is 10.2. The molecule has 3 aromatic rings. The SMILES string of the molecule is Cc1ccc(C(C)NCc2ccccc2-n2cccn2)o1. The number of nitrogens with one attached hydrogen (secondary N) is 1. The van der Waals surface area contributed by atoms with Crippen LogP contribution < -0.4 is 5.32 Å². The van der Waals surface area contributed by atoms with Gasteiger partial charge in [0.25, 0.3) is 0 Å². The molecule has 1 unspecified atom stereocenters. The van der Waals surface area contributed by atoms with Gasteiger partial charge in [0.1, 0.15) is 11.5 Å². The van der Waals surface area contributed by atoms with E-state index in [4.69, 9.17) is 4.42 Å². The molecule has 21 heavy (non-hydrogen) atoms. The Morgan fingerprint density at radius 3 is 2.76 bits per heavy atom. The molecule has 3 rings (SSSR count). The van der Waals surface area contributed by atoms with Crippen LogP contribution in [0.3, 0.4) is 0 Å². The predicted octanol–water partition coefficient (Wildman–Crippen LogP) is 3.62. The molecule has 1 N–H and O–H groups in total. The van der Waals surface area contributed by atoms with Crippen LogP contribution in [0.25, 0.3) is 5.69 Å². The van der Waals surface area contributed by atoms with Crippen molar-refractivity contribution in [1.82, 2.24) is 15.1 Å². The van der Waals surface area contributed by atoms with Crippen LogP contribution in [0.1, 0.15) is 30.0 Å². The lowest BCUT2D eigenvalue weighted by Gasteiger charge is -2.14. The zero-order valence-corrected chi connectivity index (χ0v) is 12.3. The molecule has 0 saturated heterocycles. The molecular formula is C17H19N3O. The highest BCUT2D eigenvalue weighted by Crippen LogP contribution is 2.18. The van der Waals surface area contributed by atoms with Gasteiger partial charge in [-0.1, -0.05) is 18.2 Å². The molecule has 0 saturated carbocycles. The Labute approximate surface area is 124 Å². The third-order valence-corrected chi connectivity index (χ3v) is 3.53. The van der Waals surface area contributed by atoms with E-state index in [0.29, 0.717) is 0 Å². The summed E-state index contributed by atoms with van der Waals surface area (Å²) < 4.78 is 7.54. The van der Waals surface area contributed by atoms with E-state index in [2.05, 4.69) is 29.5 Å². The summed E-state index contributed by atoms with van der Waals surface area (Å²) in [5.74, 6) is 1.90. The molecule has 0 spiro atoms. The van der Waals surface area contributed by atoms with Crippen molar-refractivity contribution in [3.63, 3.8) is 0 Å². The zero-order chi connectivity index (χ0) is 14.7. The van der Waals surface area contributed by atoms with Crippen molar-refractivity contribution in [2.24, 2.45) is 0 Å². The zero-order valence-electron chi connectivity index (χ0n) is 12.3. The van der Waals surface area contributed by atoms with E-state index in [1.165, 1.54) is 5.56 Å². The molecule has 2 aromatic heterocycles. The van der Waals surface area contributed by atoms with Crippen LogP contribution in [0.2, 0.25) is 0 Å². The third kappa shape index (κ3) is 3.06. The van der Waals surface area contributed by atoms with E-state index >= 15 is 0 Å². The van der Waals surface area contributed by atoms with Crippen LogP contribution in [0.5, 0.6) is 0 Å². The molecule has 0 amide bonds. The van der Waals surface area contributed by atoms with Crippen LogP contribution in [-0.4, -0.2) is 9.78 Å². The maximum Gasteiger partial charge on any atom is 0.120 e. The van der Waals surface area contributed by atoms with Crippen molar-refractivity contribution in [3.05, 3.63) is 71.9 Å². The molecule has 1 atom stereocenters. The fourth-order valence-corrected chi connectivity index (χ4v) is 2.34. The highest BCUT2D eigenvalue weighted by Gasteiger charge is 2.10. The summed E-state index contributed by atoms with van der Waals surface area (Å²) in [4.78, 5) is 0. The lowest BCUT2D eigenvalue weighted by molar-refractivity contribution is 0.415. The molecule has 108 valence electrons. The van der Waals surface area contributed by atoms with Gasteiger partial charge < -0.3 is 9.73 Å². The van der Waals surface area contributed by atoms with Crippen molar-refractivity contribution < 1.29 is 4.42 Å². The molecule has 2 heterocycles. The average molecular weight is 281 g/mol. The van der Waals surface area contributed by atoms with Crippen LogP contribution in [0.15, 0.2) is 59.3 Å². The average Bonchev–Trinajstić information content (AvgIpc) is 3.16. The van der Waals surface area contributed by atoms with Gasteiger partial charge in [0.2, 0.25) is 0 Å². The molecule has 4 nitrogen and oxygen atoms in total. The van der Waals surface area contributed by atoms with Crippen molar-refractivity contribution in [2.75, 3.05) is 0 Å².